The lowest BCUT2D eigenvalue weighted by Gasteiger charge is -2.40. The normalized spacial score (nSPS) is 19.3. The highest BCUT2D eigenvalue weighted by Gasteiger charge is 2.44. The van der Waals surface area contributed by atoms with E-state index in [4.69, 9.17) is 13.9 Å². The molecular formula is C52H72N4O12. The number of amides is 2. The van der Waals surface area contributed by atoms with Crippen molar-refractivity contribution in [1.29, 1.82) is 0 Å². The van der Waals surface area contributed by atoms with E-state index in [1.807, 2.05) is 80.1 Å². The molecule has 1 saturated heterocycles. The number of hydrogen-bond donors (Lipinski definition) is 7. The second-order valence-electron chi connectivity index (χ2n) is 18.1. The number of benzene rings is 3. The smallest absolute Gasteiger partial charge is 0.251 e. The number of carbonyl (C=O) groups excluding carboxylic acids is 3. The second kappa shape index (κ2) is 26.5. The SMILES string of the molecule is CCCCCCCCCCCCC/C=C/[C@@H](O)[C@H](CO[C@@H]1O[C@H](CO)[C@@H](O)[C@H](O)[C@H]1O)NC(=O)CCNC(=O)c1ccc(C(=O)[O-])c(-c2c3ccc(=[N+](C)C)cc-3oc3cc(N(C)C)ccc23)c1. The van der Waals surface area contributed by atoms with Crippen LogP contribution < -0.4 is 30.6 Å². The second-order valence-corrected chi connectivity index (χ2v) is 18.1. The lowest BCUT2D eigenvalue weighted by Crippen LogP contribution is -2.60. The van der Waals surface area contributed by atoms with Gasteiger partial charge in [0.2, 0.25) is 11.3 Å². The van der Waals surface area contributed by atoms with Gasteiger partial charge in [0.1, 0.15) is 49.9 Å². The number of unbranched alkanes of at least 4 members (excludes halogenated alkanes) is 11. The van der Waals surface area contributed by atoms with Crippen molar-refractivity contribution in [1.82, 2.24) is 15.2 Å². The Labute approximate surface area is 399 Å². The van der Waals surface area contributed by atoms with Crippen LogP contribution in [0.3, 0.4) is 0 Å². The van der Waals surface area contributed by atoms with Gasteiger partial charge in [-0.25, -0.2) is 4.58 Å². The number of carboxylic acid groups (broad SMARTS) is 1. The molecule has 1 aliphatic carbocycles. The van der Waals surface area contributed by atoms with Crippen LogP contribution in [-0.2, 0) is 14.3 Å². The van der Waals surface area contributed by atoms with Gasteiger partial charge in [0.25, 0.3) is 5.91 Å². The Morgan fingerprint density at radius 2 is 1.56 bits per heavy atom. The Kier molecular flexibility index (Phi) is 21.0. The average Bonchev–Trinajstić information content (AvgIpc) is 3.32. The van der Waals surface area contributed by atoms with E-state index in [9.17, 15) is 45.0 Å². The molecule has 0 spiro atoms. The van der Waals surface area contributed by atoms with E-state index >= 15 is 0 Å². The van der Waals surface area contributed by atoms with Crippen LogP contribution in [0.1, 0.15) is 111 Å². The zero-order valence-electron chi connectivity index (χ0n) is 40.2. The zero-order valence-corrected chi connectivity index (χ0v) is 40.2. The van der Waals surface area contributed by atoms with E-state index in [1.165, 1.54) is 69.6 Å². The maximum Gasteiger partial charge on any atom is 0.251 e. The quantitative estimate of drug-likeness (QED) is 0.0206. The van der Waals surface area contributed by atoms with E-state index in [1.54, 1.807) is 6.08 Å². The molecule has 0 bridgehead atoms. The molecule has 7 atom stereocenters. The monoisotopic (exact) mass is 945 g/mol. The number of anilines is 1. The number of aromatic carboxylic acids is 1. The fraction of sp³-hybridized carbons (Fsp3) is 0.538. The van der Waals surface area contributed by atoms with Crippen LogP contribution in [0.4, 0.5) is 5.69 Å². The predicted molar refractivity (Wildman–Crippen MR) is 259 cm³/mol. The minimum absolute atomic E-state index is 0.131. The molecule has 16 heteroatoms. The van der Waals surface area contributed by atoms with Crippen molar-refractivity contribution in [3.8, 4) is 22.5 Å². The predicted octanol–water partition coefficient (Wildman–Crippen LogP) is 3.71. The molecule has 68 heavy (non-hydrogen) atoms. The summed E-state index contributed by atoms with van der Waals surface area (Å²) in [6.07, 6.45) is 8.24. The maximum atomic E-state index is 13.7. The maximum absolute atomic E-state index is 13.7. The van der Waals surface area contributed by atoms with Crippen molar-refractivity contribution in [3.63, 3.8) is 0 Å². The lowest BCUT2D eigenvalue weighted by molar-refractivity contribution is -0.302. The number of aliphatic hydroxyl groups is 5. The summed E-state index contributed by atoms with van der Waals surface area (Å²) in [5.41, 5.74) is 2.76. The van der Waals surface area contributed by atoms with Crippen molar-refractivity contribution >= 4 is 34.4 Å². The molecule has 0 aromatic heterocycles. The third-order valence-electron chi connectivity index (χ3n) is 12.5. The third kappa shape index (κ3) is 14.7. The molecule has 2 aromatic carbocycles. The summed E-state index contributed by atoms with van der Waals surface area (Å²) in [6.45, 7) is 1.04. The molecule has 372 valence electrons. The van der Waals surface area contributed by atoms with Gasteiger partial charge < -0.3 is 64.9 Å². The number of rotatable bonds is 26. The molecule has 3 aliphatic rings. The molecular weight excluding hydrogens is 873 g/mol. The summed E-state index contributed by atoms with van der Waals surface area (Å²) in [5, 5.41) is 71.5. The first-order chi connectivity index (χ1) is 32.6. The summed E-state index contributed by atoms with van der Waals surface area (Å²) in [7, 11) is 7.60. The van der Waals surface area contributed by atoms with Gasteiger partial charge in [0, 0.05) is 72.5 Å². The Morgan fingerprint density at radius 1 is 0.868 bits per heavy atom. The molecule has 2 aliphatic heterocycles. The van der Waals surface area contributed by atoms with Gasteiger partial charge >= 0.3 is 0 Å². The number of ether oxygens (including phenoxy) is 2. The average molecular weight is 945 g/mol. The lowest BCUT2D eigenvalue weighted by atomic mass is 9.89. The Balaban J connectivity index is 1.26. The molecule has 1 fully saturated rings. The first-order valence-electron chi connectivity index (χ1n) is 24.0. The van der Waals surface area contributed by atoms with Crippen molar-refractivity contribution < 1.29 is 58.9 Å². The molecule has 0 unspecified atom stereocenters. The molecule has 16 nitrogen and oxygen atoms in total. The van der Waals surface area contributed by atoms with Crippen molar-refractivity contribution in [2.75, 3.05) is 52.8 Å². The number of nitrogens with one attached hydrogen (secondary N) is 2. The van der Waals surface area contributed by atoms with Crippen LogP contribution in [0.5, 0.6) is 0 Å². The molecule has 2 aromatic rings. The summed E-state index contributed by atoms with van der Waals surface area (Å²) < 4.78 is 19.5. The molecule has 2 amide bonds. The first-order valence-corrected chi connectivity index (χ1v) is 24.0. The van der Waals surface area contributed by atoms with Crippen LogP contribution in [-0.4, -0.2) is 134 Å². The zero-order chi connectivity index (χ0) is 49.3. The molecule has 5 rings (SSSR count). The summed E-state index contributed by atoms with van der Waals surface area (Å²) in [5.74, 6) is -2.06. The summed E-state index contributed by atoms with van der Waals surface area (Å²) in [6, 6.07) is 14.3. The molecule has 7 N–H and O–H groups in total. The fourth-order valence-corrected chi connectivity index (χ4v) is 8.38. The number of nitrogens with zero attached hydrogens (tertiary/aromatic N) is 2. The van der Waals surface area contributed by atoms with Crippen LogP contribution in [0.25, 0.3) is 33.4 Å². The minimum atomic E-state index is -1.68. The number of allylic oxidation sites excluding steroid dienone is 1. The topological polar surface area (TPSA) is 237 Å². The highest BCUT2D eigenvalue weighted by molar-refractivity contribution is 6.09. The highest BCUT2D eigenvalue weighted by atomic mass is 16.7. The number of fused-ring (bicyclic) bond motifs is 2. The third-order valence-corrected chi connectivity index (χ3v) is 12.5. The van der Waals surface area contributed by atoms with Crippen LogP contribution >= 0.6 is 0 Å². The van der Waals surface area contributed by atoms with Crippen LogP contribution in [0.15, 0.2) is 71.2 Å². The molecule has 0 saturated carbocycles. The van der Waals surface area contributed by atoms with Crippen molar-refractivity contribution in [2.45, 2.75) is 133 Å². The van der Waals surface area contributed by atoms with Crippen LogP contribution in [0.2, 0.25) is 0 Å². The van der Waals surface area contributed by atoms with Gasteiger partial charge in [-0.05, 0) is 48.7 Å². The standard InChI is InChI=1S/C52H72N4O12/c1-6-7-8-9-10-11-12-13-14-15-16-17-18-19-41(58)40(32-66-52-49(62)48(61)47(60)44(31-57)68-52)54-45(59)26-27-53-50(63)33-20-23-36(51(64)65)39(28-33)46-37-24-21-34(55(2)3)29-42(37)67-43-30-35(56(4)5)22-25-38(43)46/h18-25,28-30,40-41,44,47-49,52,57-58,60-62H,6-17,26-27,31-32H2,1-5H3,(H2-,53,54,59,63,64,65)/b19-18+/t40-,41+,44+,47+,48-,49+,52+/m0/s1. The van der Waals surface area contributed by atoms with Crippen molar-refractivity contribution in [3.05, 3.63) is 83.2 Å². The van der Waals surface area contributed by atoms with E-state index in [0.29, 0.717) is 34.3 Å². The van der Waals surface area contributed by atoms with Gasteiger partial charge in [-0.3, -0.25) is 9.59 Å². The number of aliphatic hydroxyl groups excluding tert-OH is 5. The number of carboxylic acids is 1. The van der Waals surface area contributed by atoms with Crippen molar-refractivity contribution in [2.24, 2.45) is 0 Å². The van der Waals surface area contributed by atoms with Gasteiger partial charge in [0.15, 0.2) is 6.29 Å². The fourth-order valence-electron chi connectivity index (χ4n) is 8.38. The van der Waals surface area contributed by atoms with Gasteiger partial charge in [-0.15, -0.1) is 0 Å². The van der Waals surface area contributed by atoms with E-state index in [-0.39, 0.29) is 36.3 Å². The van der Waals surface area contributed by atoms with E-state index < -0.39 is 67.2 Å². The Morgan fingerprint density at radius 3 is 2.21 bits per heavy atom. The van der Waals surface area contributed by atoms with Crippen LogP contribution in [0, 0.1) is 0 Å². The van der Waals surface area contributed by atoms with Gasteiger partial charge in [0.05, 0.1) is 37.4 Å². The van der Waals surface area contributed by atoms with Gasteiger partial charge in [-0.2, -0.15) is 0 Å². The summed E-state index contributed by atoms with van der Waals surface area (Å²) >= 11 is 0. The first kappa shape index (κ1) is 53.8. The van der Waals surface area contributed by atoms with Gasteiger partial charge in [-0.1, -0.05) is 89.4 Å². The number of hydrogen-bond acceptors (Lipinski definition) is 13. The van der Waals surface area contributed by atoms with E-state index in [0.717, 1.165) is 30.3 Å². The molecule has 2 heterocycles. The number of carbonyl (C=O) groups is 3. The Bertz CT molecular complexity index is 2340. The largest absolute Gasteiger partial charge is 0.545 e. The van der Waals surface area contributed by atoms with E-state index in [2.05, 4.69) is 17.6 Å². The summed E-state index contributed by atoms with van der Waals surface area (Å²) in [4.78, 5) is 41.6. The minimum Gasteiger partial charge on any atom is -0.545 e. The molecule has 0 radical (unpaired) electrons. The Hall–Kier alpha value is -5.20. The highest BCUT2D eigenvalue weighted by Crippen LogP contribution is 2.42.